The molecule has 4 nitrogen and oxygen atoms in total. The molecule has 2 unspecified atom stereocenters. The lowest BCUT2D eigenvalue weighted by atomic mass is 9.90. The van der Waals surface area contributed by atoms with E-state index in [2.05, 4.69) is 29.2 Å². The molecule has 1 aliphatic heterocycles. The van der Waals surface area contributed by atoms with Crippen LogP contribution in [-0.2, 0) is 14.3 Å². The van der Waals surface area contributed by atoms with Gasteiger partial charge in [0.25, 0.3) is 10.1 Å². The fourth-order valence-corrected chi connectivity index (χ4v) is 4.95. The van der Waals surface area contributed by atoms with Crippen LogP contribution in [0.15, 0.2) is 89.8 Å². The first-order valence-corrected chi connectivity index (χ1v) is 11.2. The van der Waals surface area contributed by atoms with Crippen molar-refractivity contribution in [2.24, 2.45) is 0 Å². The Bertz CT molecular complexity index is 1010. The summed E-state index contributed by atoms with van der Waals surface area (Å²) in [6.07, 6.45) is -0.365. The molecule has 29 heavy (non-hydrogen) atoms. The van der Waals surface area contributed by atoms with Gasteiger partial charge in [0.2, 0.25) is 0 Å². The van der Waals surface area contributed by atoms with Gasteiger partial charge in [0.1, 0.15) is 6.10 Å². The lowest BCUT2D eigenvalue weighted by molar-refractivity contribution is -0.0513. The zero-order chi connectivity index (χ0) is 20.4. The minimum absolute atomic E-state index is 0.0272. The Morgan fingerprint density at radius 2 is 1.38 bits per heavy atom. The fraction of sp³-hybridized carbons (Fsp3) is 0.250. The minimum atomic E-state index is -3.78. The Kier molecular flexibility index (Phi) is 5.54. The summed E-state index contributed by atoms with van der Waals surface area (Å²) >= 11 is 0. The number of nitrogens with zero attached hydrogens (tertiary/aromatic N) is 1. The third-order valence-electron chi connectivity index (χ3n) is 5.57. The molecule has 4 rings (SSSR count). The van der Waals surface area contributed by atoms with Gasteiger partial charge >= 0.3 is 0 Å². The molecular formula is C24H25NO3S. The van der Waals surface area contributed by atoms with Crippen molar-refractivity contribution in [1.82, 2.24) is 4.90 Å². The Morgan fingerprint density at radius 3 is 1.86 bits per heavy atom. The van der Waals surface area contributed by atoms with Crippen LogP contribution in [0, 0.1) is 6.92 Å². The second-order valence-corrected chi connectivity index (χ2v) is 9.14. The molecule has 150 valence electrons. The smallest absolute Gasteiger partial charge is 0.284 e. The summed E-state index contributed by atoms with van der Waals surface area (Å²) in [6.45, 7) is 4.51. The molecule has 0 aromatic heterocycles. The fourth-order valence-electron chi connectivity index (χ4n) is 3.82. The van der Waals surface area contributed by atoms with Crippen LogP contribution < -0.4 is 0 Å². The van der Waals surface area contributed by atoms with Crippen LogP contribution in [0.1, 0.15) is 29.7 Å². The summed E-state index contributed by atoms with van der Waals surface area (Å²) in [5.74, 6) is 0. The van der Waals surface area contributed by atoms with Crippen molar-refractivity contribution in [3.63, 3.8) is 0 Å². The van der Waals surface area contributed by atoms with Gasteiger partial charge in [-0.3, -0.25) is 9.08 Å². The van der Waals surface area contributed by atoms with E-state index in [0.29, 0.717) is 6.54 Å². The maximum Gasteiger partial charge on any atom is 0.297 e. The molecule has 0 aliphatic carbocycles. The number of rotatable bonds is 6. The number of benzene rings is 3. The van der Waals surface area contributed by atoms with Crippen molar-refractivity contribution in [1.29, 1.82) is 0 Å². The molecule has 0 bridgehead atoms. The molecule has 1 aliphatic rings. The highest BCUT2D eigenvalue weighted by atomic mass is 32.2. The predicted molar refractivity (Wildman–Crippen MR) is 114 cm³/mol. The second-order valence-electron chi connectivity index (χ2n) is 7.56. The highest BCUT2D eigenvalue weighted by Gasteiger charge is 2.44. The van der Waals surface area contributed by atoms with Crippen LogP contribution in [0.2, 0.25) is 0 Å². The molecule has 0 N–H and O–H groups in total. The Balaban J connectivity index is 1.54. The Labute approximate surface area is 172 Å². The molecule has 1 saturated heterocycles. The summed E-state index contributed by atoms with van der Waals surface area (Å²) in [6, 6.07) is 27.4. The molecule has 1 fully saturated rings. The average Bonchev–Trinajstić information content (AvgIpc) is 2.74. The zero-order valence-electron chi connectivity index (χ0n) is 16.6. The van der Waals surface area contributed by atoms with Crippen molar-refractivity contribution in [3.8, 4) is 0 Å². The largest absolute Gasteiger partial charge is 0.297 e. The van der Waals surface area contributed by atoms with Crippen molar-refractivity contribution in [2.45, 2.75) is 36.9 Å². The van der Waals surface area contributed by atoms with E-state index in [0.717, 1.165) is 5.56 Å². The van der Waals surface area contributed by atoms with E-state index < -0.39 is 10.1 Å². The maximum atomic E-state index is 12.7. The highest BCUT2D eigenvalue weighted by molar-refractivity contribution is 7.86. The van der Waals surface area contributed by atoms with Crippen LogP contribution >= 0.6 is 0 Å². The van der Waals surface area contributed by atoms with Gasteiger partial charge < -0.3 is 0 Å². The van der Waals surface area contributed by atoms with Crippen LogP contribution in [0.4, 0.5) is 0 Å². The first-order chi connectivity index (χ1) is 14.0. The van der Waals surface area contributed by atoms with Gasteiger partial charge in [0.05, 0.1) is 10.9 Å². The SMILES string of the molecule is Cc1ccc(S(=O)(=O)OC2CN(C(c3ccccc3)c3ccccc3)C2C)cc1. The van der Waals surface area contributed by atoms with Crippen LogP contribution in [0.3, 0.4) is 0 Å². The van der Waals surface area contributed by atoms with Crippen molar-refractivity contribution in [2.75, 3.05) is 6.54 Å². The predicted octanol–water partition coefficient (Wildman–Crippen LogP) is 4.56. The summed E-state index contributed by atoms with van der Waals surface area (Å²) < 4.78 is 30.9. The average molecular weight is 408 g/mol. The van der Waals surface area contributed by atoms with Crippen LogP contribution in [0.25, 0.3) is 0 Å². The Hall–Kier alpha value is -2.47. The highest BCUT2D eigenvalue weighted by Crippen LogP contribution is 2.37. The number of hydrogen-bond donors (Lipinski definition) is 0. The summed E-state index contributed by atoms with van der Waals surface area (Å²) in [4.78, 5) is 2.50. The Morgan fingerprint density at radius 1 is 0.862 bits per heavy atom. The molecule has 2 atom stereocenters. The number of aryl methyl sites for hydroxylation is 1. The van der Waals surface area contributed by atoms with Gasteiger partial charge in [0, 0.05) is 12.6 Å². The standard InChI is InChI=1S/C24H25NO3S/c1-18-13-15-22(16-14-18)29(26,27)28-23-17-25(19(23)2)24(20-9-5-3-6-10-20)21-11-7-4-8-12-21/h3-16,19,23-24H,17H2,1-2H3. The zero-order valence-corrected chi connectivity index (χ0v) is 17.4. The van der Waals surface area contributed by atoms with Gasteiger partial charge in [-0.05, 0) is 37.1 Å². The van der Waals surface area contributed by atoms with Crippen molar-refractivity contribution in [3.05, 3.63) is 102 Å². The molecule has 3 aromatic rings. The van der Waals surface area contributed by atoms with Gasteiger partial charge in [0.15, 0.2) is 0 Å². The second kappa shape index (κ2) is 8.11. The molecule has 0 saturated carbocycles. The van der Waals surface area contributed by atoms with Crippen molar-refractivity contribution >= 4 is 10.1 Å². The third kappa shape index (κ3) is 4.13. The molecule has 5 heteroatoms. The van der Waals surface area contributed by atoms with E-state index in [1.165, 1.54) is 11.1 Å². The van der Waals surface area contributed by atoms with E-state index in [4.69, 9.17) is 4.18 Å². The van der Waals surface area contributed by atoms with Gasteiger partial charge in [-0.2, -0.15) is 8.42 Å². The lowest BCUT2D eigenvalue weighted by Gasteiger charge is -2.49. The summed E-state index contributed by atoms with van der Waals surface area (Å²) in [5.41, 5.74) is 3.39. The van der Waals surface area contributed by atoms with E-state index in [1.54, 1.807) is 24.3 Å². The quantitative estimate of drug-likeness (QED) is 0.562. The first kappa shape index (κ1) is 19.8. The van der Waals surface area contributed by atoms with Gasteiger partial charge in [-0.25, -0.2) is 0 Å². The summed E-state index contributed by atoms with van der Waals surface area (Å²) in [7, 11) is -3.78. The number of likely N-dealkylation sites (tertiary alicyclic amines) is 1. The first-order valence-electron chi connectivity index (χ1n) is 9.81. The van der Waals surface area contributed by atoms with Gasteiger partial charge in [-0.15, -0.1) is 0 Å². The van der Waals surface area contributed by atoms with E-state index in [9.17, 15) is 8.42 Å². The lowest BCUT2D eigenvalue weighted by Crippen LogP contribution is -2.61. The topological polar surface area (TPSA) is 46.6 Å². The van der Waals surface area contributed by atoms with Gasteiger partial charge in [-0.1, -0.05) is 78.4 Å². The third-order valence-corrected chi connectivity index (χ3v) is 6.92. The minimum Gasteiger partial charge on any atom is -0.284 e. The van der Waals surface area contributed by atoms with E-state index >= 15 is 0 Å². The molecule has 1 heterocycles. The number of hydrogen-bond acceptors (Lipinski definition) is 4. The monoisotopic (exact) mass is 407 g/mol. The van der Waals surface area contributed by atoms with Crippen LogP contribution in [0.5, 0.6) is 0 Å². The van der Waals surface area contributed by atoms with Crippen LogP contribution in [-0.4, -0.2) is 32.0 Å². The summed E-state index contributed by atoms with van der Waals surface area (Å²) in [5, 5.41) is 0. The maximum absolute atomic E-state index is 12.7. The van der Waals surface area contributed by atoms with E-state index in [-0.39, 0.29) is 23.1 Å². The molecule has 3 aromatic carbocycles. The molecular weight excluding hydrogens is 382 g/mol. The molecule has 0 spiro atoms. The van der Waals surface area contributed by atoms with Crippen molar-refractivity contribution < 1.29 is 12.6 Å². The molecule has 0 radical (unpaired) electrons. The van der Waals surface area contributed by atoms with E-state index in [1.807, 2.05) is 50.2 Å². The normalized spacial score (nSPS) is 19.8. The molecule has 0 amide bonds.